The first kappa shape index (κ1) is 14.3. The molecule has 0 aromatic heterocycles. The Hall–Kier alpha value is -2.09. The van der Waals surface area contributed by atoms with E-state index in [9.17, 15) is 4.79 Å². The molecule has 1 unspecified atom stereocenters. The normalized spacial score (nSPS) is 12.2. The molecule has 0 N–H and O–H groups in total. The third-order valence-corrected chi connectivity index (χ3v) is 3.21. The van der Waals surface area contributed by atoms with Crippen LogP contribution in [0.4, 0.5) is 0 Å². The van der Waals surface area contributed by atoms with Crippen molar-refractivity contribution < 1.29 is 9.53 Å². The maximum absolute atomic E-state index is 12.7. The molecule has 0 heterocycles. The van der Waals surface area contributed by atoms with Crippen molar-refractivity contribution in [3.05, 3.63) is 65.7 Å². The van der Waals surface area contributed by atoms with Crippen molar-refractivity contribution in [2.45, 2.75) is 32.8 Å². The van der Waals surface area contributed by atoms with Crippen LogP contribution in [0.5, 0.6) is 5.75 Å². The van der Waals surface area contributed by atoms with Crippen molar-refractivity contribution in [2.75, 3.05) is 0 Å². The summed E-state index contributed by atoms with van der Waals surface area (Å²) in [5.41, 5.74) is 1.68. The van der Waals surface area contributed by atoms with Gasteiger partial charge in [0, 0.05) is 5.92 Å². The quantitative estimate of drug-likeness (QED) is 0.748. The van der Waals surface area contributed by atoms with Crippen molar-refractivity contribution in [3.8, 4) is 5.75 Å². The highest BCUT2D eigenvalue weighted by molar-refractivity contribution is 6.02. The summed E-state index contributed by atoms with van der Waals surface area (Å²) in [4.78, 5) is 12.7. The molecule has 2 rings (SSSR count). The van der Waals surface area contributed by atoms with E-state index < -0.39 is 0 Å². The number of ketones is 1. The van der Waals surface area contributed by atoms with Crippen molar-refractivity contribution >= 4 is 5.78 Å². The van der Waals surface area contributed by atoms with E-state index in [1.807, 2.05) is 75.4 Å². The largest absolute Gasteiger partial charge is 0.490 e. The Kier molecular flexibility index (Phi) is 4.57. The number of benzene rings is 2. The highest BCUT2D eigenvalue weighted by Gasteiger charge is 2.20. The fourth-order valence-corrected chi connectivity index (χ4v) is 2.15. The molecule has 0 fully saturated rings. The van der Waals surface area contributed by atoms with E-state index in [4.69, 9.17) is 4.74 Å². The average Bonchev–Trinajstić information content (AvgIpc) is 2.46. The summed E-state index contributed by atoms with van der Waals surface area (Å²) in [5.74, 6) is 0.579. The molecule has 2 nitrogen and oxygen atoms in total. The third kappa shape index (κ3) is 3.27. The molecule has 0 saturated heterocycles. The fraction of sp³-hybridized carbons (Fsp3) is 0.278. The molecule has 0 aliphatic heterocycles. The summed E-state index contributed by atoms with van der Waals surface area (Å²) in [6, 6.07) is 17.3. The lowest BCUT2D eigenvalue weighted by Crippen LogP contribution is -2.14. The van der Waals surface area contributed by atoms with Crippen molar-refractivity contribution in [1.82, 2.24) is 0 Å². The van der Waals surface area contributed by atoms with Crippen LogP contribution < -0.4 is 4.74 Å². The van der Waals surface area contributed by atoms with Crippen molar-refractivity contribution in [3.63, 3.8) is 0 Å². The second-order valence-corrected chi connectivity index (χ2v) is 5.16. The second kappa shape index (κ2) is 6.38. The van der Waals surface area contributed by atoms with Gasteiger partial charge >= 0.3 is 0 Å². The third-order valence-electron chi connectivity index (χ3n) is 3.21. The van der Waals surface area contributed by atoms with Gasteiger partial charge in [0.2, 0.25) is 0 Å². The Bertz CT molecular complexity index is 573. The zero-order valence-corrected chi connectivity index (χ0v) is 12.2. The van der Waals surface area contributed by atoms with Crippen LogP contribution in [0.3, 0.4) is 0 Å². The molecule has 104 valence electrons. The lowest BCUT2D eigenvalue weighted by molar-refractivity contribution is 0.0960. The van der Waals surface area contributed by atoms with Gasteiger partial charge in [-0.15, -0.1) is 0 Å². The summed E-state index contributed by atoms with van der Waals surface area (Å²) >= 11 is 0. The first-order valence-electron chi connectivity index (χ1n) is 6.94. The van der Waals surface area contributed by atoms with Gasteiger partial charge in [-0.1, -0.05) is 49.4 Å². The number of carbonyl (C=O) groups excluding carboxylic acids is 1. The lowest BCUT2D eigenvalue weighted by atomic mass is 9.92. The molecule has 0 saturated carbocycles. The molecule has 1 atom stereocenters. The Morgan fingerprint density at radius 1 is 0.900 bits per heavy atom. The van der Waals surface area contributed by atoms with Gasteiger partial charge in [-0.05, 0) is 31.5 Å². The Labute approximate surface area is 120 Å². The lowest BCUT2D eigenvalue weighted by Gasteiger charge is -2.16. The molecule has 20 heavy (non-hydrogen) atoms. The van der Waals surface area contributed by atoms with E-state index in [0.717, 1.165) is 5.56 Å². The van der Waals surface area contributed by atoms with Gasteiger partial charge in [-0.25, -0.2) is 0 Å². The topological polar surface area (TPSA) is 26.3 Å². The molecule has 2 aromatic rings. The van der Waals surface area contributed by atoms with E-state index in [0.29, 0.717) is 11.3 Å². The number of hydrogen-bond donors (Lipinski definition) is 0. The van der Waals surface area contributed by atoms with E-state index in [2.05, 4.69) is 0 Å². The minimum atomic E-state index is -0.173. The molecule has 0 radical (unpaired) electrons. The molecular formula is C18H20O2. The van der Waals surface area contributed by atoms with E-state index in [1.54, 1.807) is 0 Å². The SMILES string of the molecule is CC(C)Oc1ccccc1C(=O)C(C)c1ccccc1. The molecule has 0 aliphatic carbocycles. The number of ether oxygens (including phenoxy) is 1. The highest BCUT2D eigenvalue weighted by atomic mass is 16.5. The molecule has 0 amide bonds. The first-order valence-corrected chi connectivity index (χ1v) is 6.94. The van der Waals surface area contributed by atoms with Crippen molar-refractivity contribution in [1.29, 1.82) is 0 Å². The van der Waals surface area contributed by atoms with Crippen molar-refractivity contribution in [2.24, 2.45) is 0 Å². The van der Waals surface area contributed by atoms with Crippen LogP contribution in [-0.2, 0) is 0 Å². The molecule has 0 bridgehead atoms. The van der Waals surface area contributed by atoms with E-state index >= 15 is 0 Å². The Morgan fingerprint density at radius 2 is 1.50 bits per heavy atom. The number of carbonyl (C=O) groups is 1. The average molecular weight is 268 g/mol. The van der Waals surface area contributed by atoms with Crippen LogP contribution in [0.1, 0.15) is 42.6 Å². The Morgan fingerprint density at radius 3 is 2.15 bits per heavy atom. The monoisotopic (exact) mass is 268 g/mol. The minimum Gasteiger partial charge on any atom is -0.490 e. The molecule has 0 aliphatic rings. The molecular weight excluding hydrogens is 248 g/mol. The summed E-state index contributed by atoms with van der Waals surface area (Å²) in [6.07, 6.45) is 0.0518. The fourth-order valence-electron chi connectivity index (χ4n) is 2.15. The van der Waals surface area contributed by atoms with Crippen LogP contribution >= 0.6 is 0 Å². The maximum atomic E-state index is 12.7. The van der Waals surface area contributed by atoms with Gasteiger partial charge < -0.3 is 4.74 Å². The predicted molar refractivity (Wildman–Crippen MR) is 81.4 cm³/mol. The van der Waals surface area contributed by atoms with Gasteiger partial charge in [0.25, 0.3) is 0 Å². The van der Waals surface area contributed by atoms with Crippen LogP contribution in [0.15, 0.2) is 54.6 Å². The van der Waals surface area contributed by atoms with Crippen LogP contribution in [-0.4, -0.2) is 11.9 Å². The van der Waals surface area contributed by atoms with Gasteiger partial charge in [0.1, 0.15) is 5.75 Å². The van der Waals surface area contributed by atoms with Gasteiger partial charge in [0.15, 0.2) is 5.78 Å². The summed E-state index contributed by atoms with van der Waals surface area (Å²) < 4.78 is 5.73. The number of rotatable bonds is 5. The summed E-state index contributed by atoms with van der Waals surface area (Å²) in [7, 11) is 0. The zero-order chi connectivity index (χ0) is 14.5. The minimum absolute atomic E-state index is 0.0518. The maximum Gasteiger partial charge on any atom is 0.173 e. The standard InChI is InChI=1S/C18H20O2/c1-13(2)20-17-12-8-7-11-16(17)18(19)14(3)15-9-5-4-6-10-15/h4-14H,1-3H3. The van der Waals surface area contributed by atoms with E-state index in [-0.39, 0.29) is 17.8 Å². The van der Waals surface area contributed by atoms with Crippen LogP contribution in [0.2, 0.25) is 0 Å². The van der Waals surface area contributed by atoms with E-state index in [1.165, 1.54) is 0 Å². The van der Waals surface area contributed by atoms with Gasteiger partial charge in [0.05, 0.1) is 11.7 Å². The first-order chi connectivity index (χ1) is 9.59. The predicted octanol–water partition coefficient (Wildman–Crippen LogP) is 4.46. The van der Waals surface area contributed by atoms with Crippen LogP contribution in [0, 0.1) is 0 Å². The number of Topliss-reactive ketones (excluding diaryl/α,β-unsaturated/α-hetero) is 1. The summed E-state index contributed by atoms with van der Waals surface area (Å²) in [5, 5.41) is 0. The number of hydrogen-bond acceptors (Lipinski definition) is 2. The zero-order valence-electron chi connectivity index (χ0n) is 12.2. The Balaban J connectivity index is 2.29. The smallest absolute Gasteiger partial charge is 0.173 e. The number of para-hydroxylation sites is 1. The van der Waals surface area contributed by atoms with Gasteiger partial charge in [-0.2, -0.15) is 0 Å². The van der Waals surface area contributed by atoms with Gasteiger partial charge in [-0.3, -0.25) is 4.79 Å². The van der Waals surface area contributed by atoms with Crippen LogP contribution in [0.25, 0.3) is 0 Å². The summed E-state index contributed by atoms with van der Waals surface area (Å²) in [6.45, 7) is 5.85. The molecule has 0 spiro atoms. The second-order valence-electron chi connectivity index (χ2n) is 5.16. The molecule has 2 heteroatoms. The molecule has 2 aromatic carbocycles. The highest BCUT2D eigenvalue weighted by Crippen LogP contribution is 2.26.